The maximum atomic E-state index is 6.23. The lowest BCUT2D eigenvalue weighted by Gasteiger charge is -2.33. The molecule has 5 heteroatoms. The molecule has 1 saturated heterocycles. The van der Waals surface area contributed by atoms with Crippen molar-refractivity contribution in [3.63, 3.8) is 0 Å². The fraction of sp³-hybridized carbons (Fsp3) is 0.130. The summed E-state index contributed by atoms with van der Waals surface area (Å²) in [4.78, 5) is 2.21. The molecule has 1 fully saturated rings. The molecule has 0 N–H and O–H groups in total. The van der Waals surface area contributed by atoms with Crippen LogP contribution in [0, 0.1) is 0 Å². The molecule has 0 spiro atoms. The van der Waals surface area contributed by atoms with Crippen molar-refractivity contribution >= 4 is 29.6 Å². The second-order valence-electron chi connectivity index (χ2n) is 7.47. The Kier molecular flexibility index (Phi) is 3.74. The minimum absolute atomic E-state index is 0.487. The summed E-state index contributed by atoms with van der Waals surface area (Å²) in [5, 5.41) is 0. The highest BCUT2D eigenvalue weighted by atomic mass is 16.7. The lowest BCUT2D eigenvalue weighted by molar-refractivity contribution is 0.173. The smallest absolute Gasteiger partial charge is 0.534 e. The Morgan fingerprint density at radius 1 is 0.857 bits per heavy atom. The Balaban J connectivity index is 1.60. The normalized spacial score (nSPS) is 16.9. The van der Waals surface area contributed by atoms with Crippen molar-refractivity contribution in [3.8, 4) is 11.5 Å². The van der Waals surface area contributed by atoms with Crippen molar-refractivity contribution in [1.29, 1.82) is 0 Å². The number of hydrogen-bond donors (Lipinski definition) is 0. The van der Waals surface area contributed by atoms with Gasteiger partial charge in [-0.25, -0.2) is 0 Å². The SMILES string of the molecule is C=C1OB(c2ccc3c(c2)Oc2ccccc2N3c2ccccc2)OC1(C)C. The predicted octanol–water partition coefficient (Wildman–Crippen LogP) is 5.30. The molecule has 5 rings (SSSR count). The zero-order chi connectivity index (χ0) is 19.3. The van der Waals surface area contributed by atoms with Gasteiger partial charge in [-0.05, 0) is 50.2 Å². The highest BCUT2D eigenvalue weighted by Crippen LogP contribution is 2.49. The molecule has 2 heterocycles. The molecule has 0 saturated carbocycles. The summed E-state index contributed by atoms with van der Waals surface area (Å²) < 4.78 is 18.1. The number of benzene rings is 3. The summed E-state index contributed by atoms with van der Waals surface area (Å²) in [6.07, 6.45) is 0. The molecule has 0 atom stereocenters. The van der Waals surface area contributed by atoms with Crippen LogP contribution in [0.2, 0.25) is 0 Å². The lowest BCUT2D eigenvalue weighted by atomic mass is 9.79. The minimum atomic E-state index is -0.510. The van der Waals surface area contributed by atoms with E-state index < -0.39 is 12.7 Å². The molecule has 0 bridgehead atoms. The van der Waals surface area contributed by atoms with Crippen LogP contribution in [0.1, 0.15) is 13.8 Å². The largest absolute Gasteiger partial charge is 0.563 e. The van der Waals surface area contributed by atoms with E-state index in [-0.39, 0.29) is 0 Å². The molecule has 3 aromatic rings. The highest BCUT2D eigenvalue weighted by molar-refractivity contribution is 6.62. The van der Waals surface area contributed by atoms with Gasteiger partial charge in [0.15, 0.2) is 11.5 Å². The highest BCUT2D eigenvalue weighted by Gasteiger charge is 2.43. The van der Waals surface area contributed by atoms with E-state index >= 15 is 0 Å². The molecule has 0 amide bonds. The van der Waals surface area contributed by atoms with Crippen LogP contribution in [-0.2, 0) is 9.31 Å². The summed E-state index contributed by atoms with van der Waals surface area (Å²) in [6.45, 7) is 7.88. The first-order valence-corrected chi connectivity index (χ1v) is 9.33. The molecule has 0 aromatic heterocycles. The van der Waals surface area contributed by atoms with Gasteiger partial charge in [0.1, 0.15) is 5.60 Å². The number of ether oxygens (including phenoxy) is 1. The van der Waals surface area contributed by atoms with Crippen LogP contribution in [0.15, 0.2) is 85.1 Å². The van der Waals surface area contributed by atoms with Crippen molar-refractivity contribution in [2.45, 2.75) is 19.4 Å². The number of rotatable bonds is 2. The Morgan fingerprint density at radius 3 is 2.32 bits per heavy atom. The van der Waals surface area contributed by atoms with Crippen LogP contribution in [-0.4, -0.2) is 12.7 Å². The van der Waals surface area contributed by atoms with E-state index in [0.717, 1.165) is 34.0 Å². The third kappa shape index (κ3) is 2.67. The van der Waals surface area contributed by atoms with Gasteiger partial charge >= 0.3 is 7.12 Å². The Labute approximate surface area is 165 Å². The average molecular weight is 369 g/mol. The van der Waals surface area contributed by atoms with E-state index in [1.54, 1.807) is 0 Å². The van der Waals surface area contributed by atoms with Crippen LogP contribution < -0.4 is 15.1 Å². The van der Waals surface area contributed by atoms with Crippen LogP contribution in [0.3, 0.4) is 0 Å². The van der Waals surface area contributed by atoms with Gasteiger partial charge in [-0.15, -0.1) is 0 Å². The molecule has 2 aliphatic rings. The van der Waals surface area contributed by atoms with Gasteiger partial charge in [-0.1, -0.05) is 43.0 Å². The molecule has 0 unspecified atom stereocenters. The Hall–Kier alpha value is -3.18. The maximum absolute atomic E-state index is 6.23. The van der Waals surface area contributed by atoms with Gasteiger partial charge in [-0.2, -0.15) is 0 Å². The van der Waals surface area contributed by atoms with Crippen molar-refractivity contribution in [2.75, 3.05) is 4.90 Å². The van der Waals surface area contributed by atoms with Gasteiger partial charge in [0, 0.05) is 11.2 Å². The first-order valence-electron chi connectivity index (χ1n) is 9.33. The fourth-order valence-corrected chi connectivity index (χ4v) is 3.54. The molecular formula is C23H20BNO3. The first kappa shape index (κ1) is 17.0. The van der Waals surface area contributed by atoms with Crippen molar-refractivity contribution < 1.29 is 14.0 Å². The predicted molar refractivity (Wildman–Crippen MR) is 112 cm³/mol. The second kappa shape index (κ2) is 6.18. The summed E-state index contributed by atoms with van der Waals surface area (Å²) in [6, 6.07) is 24.4. The van der Waals surface area contributed by atoms with Gasteiger partial charge < -0.3 is 18.9 Å². The van der Waals surface area contributed by atoms with Gasteiger partial charge in [0.2, 0.25) is 0 Å². The number of nitrogens with zero attached hydrogens (tertiary/aromatic N) is 1. The second-order valence-corrected chi connectivity index (χ2v) is 7.47. The van der Waals surface area contributed by atoms with Crippen LogP contribution in [0.4, 0.5) is 17.1 Å². The van der Waals surface area contributed by atoms with E-state index in [0.29, 0.717) is 5.76 Å². The molecule has 0 aliphatic carbocycles. The molecule has 2 aliphatic heterocycles. The van der Waals surface area contributed by atoms with Gasteiger partial charge in [0.25, 0.3) is 0 Å². The van der Waals surface area contributed by atoms with Gasteiger partial charge in [-0.3, -0.25) is 0 Å². The van der Waals surface area contributed by atoms with E-state index in [9.17, 15) is 0 Å². The molecule has 0 radical (unpaired) electrons. The monoisotopic (exact) mass is 369 g/mol. The van der Waals surface area contributed by atoms with E-state index in [4.69, 9.17) is 14.0 Å². The lowest BCUT2D eigenvalue weighted by Crippen LogP contribution is -2.34. The van der Waals surface area contributed by atoms with E-state index in [1.807, 2.05) is 62.4 Å². The maximum Gasteiger partial charge on any atom is 0.563 e. The summed E-state index contributed by atoms with van der Waals surface area (Å²) in [7, 11) is -0.487. The zero-order valence-electron chi connectivity index (χ0n) is 15.9. The molecule has 138 valence electrons. The molecular weight excluding hydrogens is 349 g/mol. The Morgan fingerprint density at radius 2 is 1.57 bits per heavy atom. The summed E-state index contributed by atoms with van der Waals surface area (Å²) in [5.74, 6) is 2.21. The summed E-state index contributed by atoms with van der Waals surface area (Å²) >= 11 is 0. The fourth-order valence-electron chi connectivity index (χ4n) is 3.54. The van der Waals surface area contributed by atoms with Crippen molar-refractivity contribution in [3.05, 3.63) is 85.1 Å². The number of hydrogen-bond acceptors (Lipinski definition) is 4. The molecule has 4 nitrogen and oxygen atoms in total. The van der Waals surface area contributed by atoms with Crippen molar-refractivity contribution in [2.24, 2.45) is 0 Å². The van der Waals surface area contributed by atoms with Gasteiger partial charge in [0.05, 0.1) is 17.1 Å². The molecule has 3 aromatic carbocycles. The summed E-state index contributed by atoms with van der Waals surface area (Å²) in [5.41, 5.74) is 3.46. The van der Waals surface area contributed by atoms with E-state index in [2.05, 4.69) is 35.7 Å². The van der Waals surface area contributed by atoms with Crippen LogP contribution in [0.25, 0.3) is 0 Å². The zero-order valence-corrected chi connectivity index (χ0v) is 15.9. The number of anilines is 3. The minimum Gasteiger partial charge on any atom is -0.534 e. The third-order valence-corrected chi connectivity index (χ3v) is 5.16. The van der Waals surface area contributed by atoms with Crippen LogP contribution >= 0.6 is 0 Å². The first-order chi connectivity index (χ1) is 13.5. The number of fused-ring (bicyclic) bond motifs is 2. The Bertz CT molecular complexity index is 1060. The molecule has 28 heavy (non-hydrogen) atoms. The van der Waals surface area contributed by atoms with Crippen LogP contribution in [0.5, 0.6) is 11.5 Å². The van der Waals surface area contributed by atoms with E-state index in [1.165, 1.54) is 0 Å². The van der Waals surface area contributed by atoms with Crippen molar-refractivity contribution in [1.82, 2.24) is 0 Å². The third-order valence-electron chi connectivity index (χ3n) is 5.16. The average Bonchev–Trinajstić information content (AvgIpc) is 2.99. The topological polar surface area (TPSA) is 30.9 Å². The standard InChI is InChI=1S/C23H20BNO3/c1-16-23(2,3)28-24(27-16)17-13-14-20-22(15-17)26-21-12-8-7-11-19(21)25(20)18-9-5-4-6-10-18/h4-15H,1H2,2-3H3. The number of para-hydroxylation sites is 3. The quantitative estimate of drug-likeness (QED) is 0.449.